The van der Waals surface area contributed by atoms with E-state index in [2.05, 4.69) is 5.32 Å². The van der Waals surface area contributed by atoms with Gasteiger partial charge < -0.3 is 15.2 Å². The number of hydrogen-bond acceptors (Lipinski definition) is 3. The van der Waals surface area contributed by atoms with Crippen molar-refractivity contribution >= 4 is 23.2 Å². The molecule has 2 fully saturated rings. The van der Waals surface area contributed by atoms with Crippen molar-refractivity contribution in [2.75, 3.05) is 19.7 Å². The van der Waals surface area contributed by atoms with Gasteiger partial charge in [0.15, 0.2) is 0 Å². The Hall–Kier alpha value is -0.480. The molecule has 0 bridgehead atoms. The lowest BCUT2D eigenvalue weighted by Crippen LogP contribution is -2.35. The summed E-state index contributed by atoms with van der Waals surface area (Å²) in [5.41, 5.74) is 0.560. The van der Waals surface area contributed by atoms with Crippen molar-refractivity contribution in [3.05, 3.63) is 28.2 Å². The summed E-state index contributed by atoms with van der Waals surface area (Å²) in [4.78, 5) is 0. The Kier molecular flexibility index (Phi) is 4.65. The Morgan fingerprint density at radius 3 is 2.67 bits per heavy atom. The van der Waals surface area contributed by atoms with Gasteiger partial charge in [-0.1, -0.05) is 23.2 Å². The normalized spacial score (nSPS) is 21.1. The van der Waals surface area contributed by atoms with Crippen LogP contribution in [0.3, 0.4) is 0 Å². The molecule has 3 rings (SSSR count). The molecule has 2 aliphatic carbocycles. The predicted octanol–water partition coefficient (Wildman–Crippen LogP) is 3.51. The van der Waals surface area contributed by atoms with Gasteiger partial charge in [-0.2, -0.15) is 0 Å². The summed E-state index contributed by atoms with van der Waals surface area (Å²) in [6.45, 7) is 1.85. The highest BCUT2D eigenvalue weighted by Gasteiger charge is 2.53. The van der Waals surface area contributed by atoms with Crippen LogP contribution < -0.4 is 10.1 Å². The first-order valence-electron chi connectivity index (χ1n) is 7.56. The maximum Gasteiger partial charge on any atom is 0.121 e. The van der Waals surface area contributed by atoms with E-state index in [-0.39, 0.29) is 6.61 Å². The minimum atomic E-state index is -0.519. The molecule has 0 saturated heterocycles. The van der Waals surface area contributed by atoms with Crippen LogP contribution in [0.2, 0.25) is 10.0 Å². The number of aliphatic hydroxyl groups excluding tert-OH is 1. The minimum Gasteiger partial charge on any atom is -0.491 e. The van der Waals surface area contributed by atoms with Crippen molar-refractivity contribution in [3.63, 3.8) is 0 Å². The van der Waals surface area contributed by atoms with Crippen LogP contribution in [0.25, 0.3) is 0 Å². The van der Waals surface area contributed by atoms with E-state index in [0.717, 1.165) is 12.5 Å². The molecule has 1 aromatic rings. The number of aliphatic hydroxyl groups is 1. The minimum absolute atomic E-state index is 0.251. The van der Waals surface area contributed by atoms with Crippen molar-refractivity contribution in [1.29, 1.82) is 0 Å². The Balaban J connectivity index is 1.36. The van der Waals surface area contributed by atoms with Gasteiger partial charge in [0.25, 0.3) is 0 Å². The van der Waals surface area contributed by atoms with Crippen molar-refractivity contribution in [2.24, 2.45) is 11.3 Å². The summed E-state index contributed by atoms with van der Waals surface area (Å²) >= 11 is 11.8. The topological polar surface area (TPSA) is 41.5 Å². The van der Waals surface area contributed by atoms with Crippen LogP contribution in [0.15, 0.2) is 18.2 Å². The third kappa shape index (κ3) is 4.04. The first-order chi connectivity index (χ1) is 10.1. The summed E-state index contributed by atoms with van der Waals surface area (Å²) in [6.07, 6.45) is 4.96. The monoisotopic (exact) mass is 329 g/mol. The predicted molar refractivity (Wildman–Crippen MR) is 85.2 cm³/mol. The molecule has 0 radical (unpaired) electrons. The van der Waals surface area contributed by atoms with Crippen LogP contribution in [0.5, 0.6) is 5.75 Å². The average molecular weight is 330 g/mol. The van der Waals surface area contributed by atoms with Crippen molar-refractivity contribution < 1.29 is 9.84 Å². The van der Waals surface area contributed by atoms with E-state index in [1.165, 1.54) is 25.7 Å². The van der Waals surface area contributed by atoms with Crippen LogP contribution in [0, 0.1) is 11.3 Å². The smallest absolute Gasteiger partial charge is 0.121 e. The highest BCUT2D eigenvalue weighted by Crippen LogP contribution is 2.60. The number of halogens is 2. The Morgan fingerprint density at radius 1 is 1.29 bits per heavy atom. The van der Waals surface area contributed by atoms with E-state index >= 15 is 0 Å². The van der Waals surface area contributed by atoms with E-state index in [9.17, 15) is 5.11 Å². The van der Waals surface area contributed by atoms with Gasteiger partial charge in [0, 0.05) is 19.2 Å². The molecule has 2 saturated carbocycles. The van der Waals surface area contributed by atoms with E-state index in [0.29, 0.717) is 27.8 Å². The lowest BCUT2D eigenvalue weighted by Gasteiger charge is -2.18. The van der Waals surface area contributed by atoms with Crippen molar-refractivity contribution in [1.82, 2.24) is 5.32 Å². The molecule has 0 heterocycles. The molecule has 21 heavy (non-hydrogen) atoms. The second-order valence-corrected chi connectivity index (χ2v) is 7.12. The third-order valence-electron chi connectivity index (χ3n) is 4.53. The lowest BCUT2D eigenvalue weighted by molar-refractivity contribution is 0.104. The number of hydrogen-bond donors (Lipinski definition) is 2. The average Bonchev–Trinajstić information content (AvgIpc) is 3.33. The molecule has 116 valence electrons. The van der Waals surface area contributed by atoms with Gasteiger partial charge in [0.1, 0.15) is 18.5 Å². The summed E-state index contributed by atoms with van der Waals surface area (Å²) in [6, 6.07) is 5.10. The zero-order valence-corrected chi connectivity index (χ0v) is 13.5. The second-order valence-electron chi connectivity index (χ2n) is 6.31. The molecular formula is C16H21Cl2NO2. The zero-order valence-electron chi connectivity index (χ0n) is 11.9. The molecule has 0 amide bonds. The van der Waals surface area contributed by atoms with Crippen LogP contribution in [-0.4, -0.2) is 30.9 Å². The molecule has 1 unspecified atom stereocenters. The number of nitrogens with one attached hydrogen (secondary N) is 1. The lowest BCUT2D eigenvalue weighted by atomic mass is 10.0. The summed E-state index contributed by atoms with van der Waals surface area (Å²) in [7, 11) is 0. The van der Waals surface area contributed by atoms with Gasteiger partial charge in [0.2, 0.25) is 0 Å². The molecule has 1 atom stereocenters. The van der Waals surface area contributed by atoms with Crippen LogP contribution in [0.4, 0.5) is 0 Å². The fourth-order valence-corrected chi connectivity index (χ4v) is 3.18. The van der Waals surface area contributed by atoms with Crippen LogP contribution in [-0.2, 0) is 0 Å². The first-order valence-corrected chi connectivity index (χ1v) is 8.31. The summed E-state index contributed by atoms with van der Waals surface area (Å²) in [5.74, 6) is 1.56. The van der Waals surface area contributed by atoms with Crippen molar-refractivity contribution in [2.45, 2.75) is 31.8 Å². The van der Waals surface area contributed by atoms with E-state index in [4.69, 9.17) is 27.9 Å². The first kappa shape index (κ1) is 15.4. The molecule has 0 aromatic heterocycles. The Morgan fingerprint density at radius 2 is 2.05 bits per heavy atom. The standard InChI is InChI=1S/C16H21Cl2NO2/c17-14-4-3-13(7-15(14)18)21-9-12(20)8-19-10-16(5-6-16)11-1-2-11/h3-4,7,11-12,19-20H,1-2,5-6,8-10H2. The van der Waals surface area contributed by atoms with E-state index in [1.54, 1.807) is 18.2 Å². The van der Waals surface area contributed by atoms with E-state index < -0.39 is 6.10 Å². The zero-order chi connectivity index (χ0) is 14.9. The maximum absolute atomic E-state index is 9.96. The molecule has 0 spiro atoms. The third-order valence-corrected chi connectivity index (χ3v) is 5.27. The fraction of sp³-hybridized carbons (Fsp3) is 0.625. The quantitative estimate of drug-likeness (QED) is 0.766. The van der Waals surface area contributed by atoms with Gasteiger partial charge in [-0.15, -0.1) is 0 Å². The fourth-order valence-electron chi connectivity index (χ4n) is 2.89. The number of ether oxygens (including phenoxy) is 1. The highest BCUT2D eigenvalue weighted by atomic mass is 35.5. The molecule has 0 aliphatic heterocycles. The molecular weight excluding hydrogens is 309 g/mol. The Labute approximate surface area is 135 Å². The molecule has 3 nitrogen and oxygen atoms in total. The largest absolute Gasteiger partial charge is 0.491 e. The number of benzene rings is 1. The molecule has 2 N–H and O–H groups in total. The van der Waals surface area contributed by atoms with Gasteiger partial charge in [-0.05, 0) is 49.1 Å². The van der Waals surface area contributed by atoms with Crippen molar-refractivity contribution in [3.8, 4) is 5.75 Å². The van der Waals surface area contributed by atoms with Crippen LogP contribution in [0.1, 0.15) is 25.7 Å². The highest BCUT2D eigenvalue weighted by molar-refractivity contribution is 6.42. The van der Waals surface area contributed by atoms with E-state index in [1.807, 2.05) is 0 Å². The van der Waals surface area contributed by atoms with Crippen LogP contribution >= 0.6 is 23.2 Å². The van der Waals surface area contributed by atoms with Gasteiger partial charge in [0.05, 0.1) is 10.0 Å². The molecule has 5 heteroatoms. The van der Waals surface area contributed by atoms with Gasteiger partial charge >= 0.3 is 0 Å². The molecule has 2 aliphatic rings. The molecule has 1 aromatic carbocycles. The maximum atomic E-state index is 9.96. The second kappa shape index (κ2) is 6.33. The summed E-state index contributed by atoms with van der Waals surface area (Å²) in [5, 5.41) is 14.3. The Bertz CT molecular complexity index is 501. The summed E-state index contributed by atoms with van der Waals surface area (Å²) < 4.78 is 5.53. The SMILES string of the molecule is OC(CNCC1(C2CC2)CC1)COc1ccc(Cl)c(Cl)c1. The van der Waals surface area contributed by atoms with Gasteiger partial charge in [-0.25, -0.2) is 0 Å². The van der Waals surface area contributed by atoms with Gasteiger partial charge in [-0.3, -0.25) is 0 Å². The number of rotatable bonds is 8.